The van der Waals surface area contributed by atoms with Crippen LogP contribution in [-0.4, -0.2) is 26.1 Å². The average Bonchev–Trinajstić information content (AvgIpc) is 2.37. The molecule has 0 fully saturated rings. The van der Waals surface area contributed by atoms with E-state index in [1.807, 2.05) is 24.3 Å². The molecule has 0 atom stereocenters. The van der Waals surface area contributed by atoms with Gasteiger partial charge in [0.25, 0.3) is 0 Å². The summed E-state index contributed by atoms with van der Waals surface area (Å²) in [6.45, 7) is 1.11. The van der Waals surface area contributed by atoms with Crippen LogP contribution in [0.1, 0.15) is 5.56 Å². The fourth-order valence-electron chi connectivity index (χ4n) is 1.29. The van der Waals surface area contributed by atoms with Crippen LogP contribution >= 0.6 is 0 Å². The van der Waals surface area contributed by atoms with Gasteiger partial charge in [-0.05, 0) is 17.7 Å². The van der Waals surface area contributed by atoms with E-state index in [0.717, 1.165) is 11.3 Å². The SMILES string of the molecule is C#CCNCC(=O)NCc1cccc(OC)c1. The number of methoxy groups -OCH3 is 1. The van der Waals surface area contributed by atoms with Crippen molar-refractivity contribution in [3.63, 3.8) is 0 Å². The van der Waals surface area contributed by atoms with E-state index in [9.17, 15) is 4.79 Å². The van der Waals surface area contributed by atoms with Crippen molar-refractivity contribution in [1.82, 2.24) is 10.6 Å². The Labute approximate surface area is 101 Å². The Kier molecular flexibility index (Phi) is 5.62. The van der Waals surface area contributed by atoms with Crippen molar-refractivity contribution in [2.75, 3.05) is 20.2 Å². The minimum Gasteiger partial charge on any atom is -0.497 e. The van der Waals surface area contributed by atoms with Crippen LogP contribution in [0, 0.1) is 12.3 Å². The first-order valence-electron chi connectivity index (χ1n) is 5.30. The van der Waals surface area contributed by atoms with Crippen molar-refractivity contribution >= 4 is 5.91 Å². The molecule has 0 bridgehead atoms. The minimum absolute atomic E-state index is 0.0805. The quantitative estimate of drug-likeness (QED) is 0.556. The first-order valence-corrected chi connectivity index (χ1v) is 5.30. The van der Waals surface area contributed by atoms with E-state index in [-0.39, 0.29) is 12.5 Å². The Bertz CT molecular complexity index is 410. The fraction of sp³-hybridized carbons (Fsp3) is 0.308. The van der Waals surface area contributed by atoms with Crippen LogP contribution in [0.5, 0.6) is 5.75 Å². The Morgan fingerprint density at radius 1 is 1.53 bits per heavy atom. The van der Waals surface area contributed by atoms with Gasteiger partial charge in [0.05, 0.1) is 20.2 Å². The number of carbonyl (C=O) groups excluding carboxylic acids is 1. The lowest BCUT2D eigenvalue weighted by Crippen LogP contribution is -2.33. The third kappa shape index (κ3) is 5.05. The Morgan fingerprint density at radius 3 is 3.06 bits per heavy atom. The molecule has 0 aromatic heterocycles. The predicted octanol–water partition coefficient (Wildman–Crippen LogP) is 0.534. The van der Waals surface area contributed by atoms with Crippen LogP contribution in [0.3, 0.4) is 0 Å². The van der Waals surface area contributed by atoms with Crippen LogP contribution in [0.2, 0.25) is 0 Å². The largest absolute Gasteiger partial charge is 0.497 e. The van der Waals surface area contributed by atoms with Crippen LogP contribution < -0.4 is 15.4 Å². The number of ether oxygens (including phenoxy) is 1. The molecule has 1 rings (SSSR count). The van der Waals surface area contributed by atoms with Crippen LogP contribution in [0.4, 0.5) is 0 Å². The molecule has 0 aliphatic carbocycles. The molecular formula is C13H16N2O2. The van der Waals surface area contributed by atoms with Crippen molar-refractivity contribution in [3.05, 3.63) is 29.8 Å². The molecule has 0 unspecified atom stereocenters. The summed E-state index contributed by atoms with van der Waals surface area (Å²) in [6, 6.07) is 7.56. The highest BCUT2D eigenvalue weighted by Gasteiger charge is 2.00. The third-order valence-electron chi connectivity index (χ3n) is 2.14. The maximum Gasteiger partial charge on any atom is 0.234 e. The Hall–Kier alpha value is -1.99. The van der Waals surface area contributed by atoms with Crippen molar-refractivity contribution in [2.24, 2.45) is 0 Å². The summed E-state index contributed by atoms with van der Waals surface area (Å²) in [5.74, 6) is 3.10. The molecule has 17 heavy (non-hydrogen) atoms. The van der Waals surface area contributed by atoms with E-state index in [0.29, 0.717) is 13.1 Å². The number of rotatable bonds is 6. The van der Waals surface area contributed by atoms with E-state index in [1.54, 1.807) is 7.11 Å². The molecule has 0 saturated carbocycles. The lowest BCUT2D eigenvalue weighted by atomic mass is 10.2. The molecule has 0 radical (unpaired) electrons. The maximum absolute atomic E-state index is 11.4. The van der Waals surface area contributed by atoms with Gasteiger partial charge in [-0.25, -0.2) is 0 Å². The van der Waals surface area contributed by atoms with Gasteiger partial charge in [-0.1, -0.05) is 18.1 Å². The predicted molar refractivity (Wildman–Crippen MR) is 66.5 cm³/mol. The summed E-state index contributed by atoms with van der Waals surface area (Å²) in [6.07, 6.45) is 5.05. The van der Waals surface area contributed by atoms with E-state index in [1.165, 1.54) is 0 Å². The van der Waals surface area contributed by atoms with Gasteiger partial charge in [-0.2, -0.15) is 0 Å². The van der Waals surface area contributed by atoms with E-state index < -0.39 is 0 Å². The molecule has 4 nitrogen and oxygen atoms in total. The first-order chi connectivity index (χ1) is 8.26. The third-order valence-corrected chi connectivity index (χ3v) is 2.14. The number of hydrogen-bond donors (Lipinski definition) is 2. The van der Waals surface area contributed by atoms with Gasteiger partial charge in [0.1, 0.15) is 5.75 Å². The van der Waals surface area contributed by atoms with Crippen molar-refractivity contribution in [3.8, 4) is 18.1 Å². The molecule has 0 aliphatic heterocycles. The summed E-state index contributed by atoms with van der Waals surface area (Å²) >= 11 is 0. The van der Waals surface area contributed by atoms with Gasteiger partial charge in [-0.15, -0.1) is 6.42 Å². The molecule has 0 aliphatic rings. The minimum atomic E-state index is -0.0805. The number of terminal acetylenes is 1. The van der Waals surface area contributed by atoms with Crippen LogP contribution in [0.15, 0.2) is 24.3 Å². The highest BCUT2D eigenvalue weighted by Crippen LogP contribution is 2.11. The number of benzene rings is 1. The average molecular weight is 232 g/mol. The second-order valence-corrected chi connectivity index (χ2v) is 3.44. The van der Waals surface area contributed by atoms with Gasteiger partial charge in [-0.3, -0.25) is 10.1 Å². The molecule has 0 saturated heterocycles. The standard InChI is InChI=1S/C13H16N2O2/c1-3-7-14-10-13(16)15-9-11-5-4-6-12(8-11)17-2/h1,4-6,8,14H,7,9-10H2,2H3,(H,15,16). The molecule has 1 aromatic carbocycles. The lowest BCUT2D eigenvalue weighted by molar-refractivity contribution is -0.120. The van der Waals surface area contributed by atoms with Gasteiger partial charge in [0.2, 0.25) is 5.91 Å². The molecule has 1 amide bonds. The maximum atomic E-state index is 11.4. The van der Waals surface area contributed by atoms with Gasteiger partial charge >= 0.3 is 0 Å². The van der Waals surface area contributed by atoms with E-state index in [4.69, 9.17) is 11.2 Å². The number of hydrogen-bond acceptors (Lipinski definition) is 3. The summed E-state index contributed by atoms with van der Waals surface area (Å²) in [7, 11) is 1.61. The molecule has 2 N–H and O–H groups in total. The lowest BCUT2D eigenvalue weighted by Gasteiger charge is -2.06. The first kappa shape index (κ1) is 13.1. The number of nitrogens with one attached hydrogen (secondary N) is 2. The van der Waals surface area contributed by atoms with Gasteiger partial charge in [0, 0.05) is 6.54 Å². The van der Waals surface area contributed by atoms with Gasteiger partial charge < -0.3 is 10.1 Å². The summed E-state index contributed by atoms with van der Waals surface area (Å²) in [4.78, 5) is 11.4. The summed E-state index contributed by atoms with van der Waals surface area (Å²) < 4.78 is 5.09. The second-order valence-electron chi connectivity index (χ2n) is 3.44. The Morgan fingerprint density at radius 2 is 2.35 bits per heavy atom. The number of amides is 1. The van der Waals surface area contributed by atoms with E-state index >= 15 is 0 Å². The molecule has 4 heteroatoms. The molecule has 1 aromatic rings. The highest BCUT2D eigenvalue weighted by molar-refractivity contribution is 5.78. The zero-order chi connectivity index (χ0) is 12.5. The smallest absolute Gasteiger partial charge is 0.234 e. The van der Waals surface area contributed by atoms with Crippen molar-refractivity contribution in [2.45, 2.75) is 6.54 Å². The van der Waals surface area contributed by atoms with E-state index in [2.05, 4.69) is 16.6 Å². The molecule has 0 spiro atoms. The monoisotopic (exact) mass is 232 g/mol. The summed E-state index contributed by atoms with van der Waals surface area (Å²) in [5.41, 5.74) is 0.995. The fourth-order valence-corrected chi connectivity index (χ4v) is 1.29. The summed E-state index contributed by atoms with van der Waals surface area (Å²) in [5, 5.41) is 5.60. The molecule has 0 heterocycles. The van der Waals surface area contributed by atoms with Crippen molar-refractivity contribution in [1.29, 1.82) is 0 Å². The highest BCUT2D eigenvalue weighted by atomic mass is 16.5. The number of carbonyl (C=O) groups is 1. The second kappa shape index (κ2) is 7.31. The topological polar surface area (TPSA) is 50.4 Å². The zero-order valence-electron chi connectivity index (χ0n) is 9.82. The van der Waals surface area contributed by atoms with Crippen LogP contribution in [0.25, 0.3) is 0 Å². The normalized spacial score (nSPS) is 9.41. The zero-order valence-corrected chi connectivity index (χ0v) is 9.82. The molecular weight excluding hydrogens is 216 g/mol. The Balaban J connectivity index is 2.34. The van der Waals surface area contributed by atoms with Crippen LogP contribution in [-0.2, 0) is 11.3 Å². The van der Waals surface area contributed by atoms with Crippen molar-refractivity contribution < 1.29 is 9.53 Å². The molecule has 90 valence electrons. The van der Waals surface area contributed by atoms with Gasteiger partial charge in [0.15, 0.2) is 0 Å².